The second-order valence-electron chi connectivity index (χ2n) is 13.9. The van der Waals surface area contributed by atoms with Crippen LogP contribution in [0.3, 0.4) is 0 Å². The Hall–Kier alpha value is -6.40. The van der Waals surface area contributed by atoms with Gasteiger partial charge in [-0.05, 0) is 59.1 Å². The average molecular weight is 754 g/mol. The summed E-state index contributed by atoms with van der Waals surface area (Å²) in [5.74, 6) is 2.32. The smallest absolute Gasteiger partial charge is 0.260 e. The van der Waals surface area contributed by atoms with Crippen molar-refractivity contribution in [2.75, 3.05) is 41.6 Å². The molecule has 56 heavy (non-hydrogen) atoms. The summed E-state index contributed by atoms with van der Waals surface area (Å²) in [5.41, 5.74) is 7.39. The highest BCUT2D eigenvalue weighted by Gasteiger charge is 2.35. The number of nitrogens with one attached hydrogen (secondary N) is 1. The van der Waals surface area contributed by atoms with E-state index < -0.39 is 0 Å². The van der Waals surface area contributed by atoms with Gasteiger partial charge in [-0.2, -0.15) is 0 Å². The fourth-order valence-corrected chi connectivity index (χ4v) is 7.41. The van der Waals surface area contributed by atoms with E-state index in [2.05, 4.69) is 29.6 Å². The van der Waals surface area contributed by atoms with Gasteiger partial charge in [-0.15, -0.1) is 0 Å². The fraction of sp³-hybridized carbons (Fsp3) is 0.273. The number of amides is 2. The molecule has 12 heteroatoms. The van der Waals surface area contributed by atoms with E-state index in [0.29, 0.717) is 78.0 Å². The maximum atomic E-state index is 13.8. The number of hydrogen-bond donors (Lipinski definition) is 1. The predicted molar refractivity (Wildman–Crippen MR) is 215 cm³/mol. The van der Waals surface area contributed by atoms with Crippen molar-refractivity contribution in [1.82, 2.24) is 15.1 Å². The highest BCUT2D eigenvalue weighted by atomic mass is 16.5. The summed E-state index contributed by atoms with van der Waals surface area (Å²) < 4.78 is 28.9. The first-order valence-electron chi connectivity index (χ1n) is 18.6. The molecule has 4 aromatic rings. The molecule has 2 amide bonds. The standard InChI is InChI=1S/C44H43N5O7/c1-45-22-27-6-8-28(9-7-27)30-16-32-23-46-37-20-41(39(53-3)18-35(37)43(50)48(32)25-30)55-14-5-15-56-42-21-38-36(19-40(42)54-4)44(51)49-26-31(17-33(49)24-47-38)29-10-12-34(52-2)13-11-29/h6-13,18-21,23-26,32-33,45H,5,14-17,22H2,1-4H3/t32-,33-/m0/s1. The number of nitrogens with zero attached hydrogens (tertiary/aromatic N) is 4. The van der Waals surface area contributed by atoms with Crippen LogP contribution in [0.15, 0.2) is 95.2 Å². The maximum absolute atomic E-state index is 13.8. The van der Waals surface area contributed by atoms with Crippen molar-refractivity contribution in [3.05, 3.63) is 113 Å². The third-order valence-electron chi connectivity index (χ3n) is 10.4. The summed E-state index contributed by atoms with van der Waals surface area (Å²) in [6, 6.07) is 22.7. The Bertz CT molecular complexity index is 2280. The Labute approximate surface area is 325 Å². The van der Waals surface area contributed by atoms with Crippen molar-refractivity contribution in [2.24, 2.45) is 9.98 Å². The summed E-state index contributed by atoms with van der Waals surface area (Å²) in [6.07, 6.45) is 9.33. The van der Waals surface area contributed by atoms with Crippen LogP contribution in [0.1, 0.15) is 56.7 Å². The van der Waals surface area contributed by atoms with Gasteiger partial charge >= 0.3 is 0 Å². The number of benzene rings is 4. The van der Waals surface area contributed by atoms with E-state index >= 15 is 0 Å². The van der Waals surface area contributed by atoms with E-state index in [-0.39, 0.29) is 23.9 Å². The molecule has 0 saturated heterocycles. The number of carbonyl (C=O) groups is 2. The van der Waals surface area contributed by atoms with Crippen molar-refractivity contribution in [1.29, 1.82) is 0 Å². The zero-order valence-electron chi connectivity index (χ0n) is 31.8. The normalized spacial score (nSPS) is 17.9. The summed E-state index contributed by atoms with van der Waals surface area (Å²) >= 11 is 0. The van der Waals surface area contributed by atoms with E-state index in [1.165, 1.54) is 5.56 Å². The summed E-state index contributed by atoms with van der Waals surface area (Å²) in [6.45, 7) is 1.42. The number of carbonyl (C=O) groups excluding carboxylic acids is 2. The first-order valence-corrected chi connectivity index (χ1v) is 18.6. The zero-order valence-corrected chi connectivity index (χ0v) is 31.8. The van der Waals surface area contributed by atoms with Crippen molar-refractivity contribution >= 4 is 46.8 Å². The molecule has 0 aliphatic carbocycles. The van der Waals surface area contributed by atoms with Gasteiger partial charge in [0.05, 0.1) is 69.1 Å². The third kappa shape index (κ3) is 7.11. The van der Waals surface area contributed by atoms with Crippen molar-refractivity contribution in [3.63, 3.8) is 0 Å². The number of ether oxygens (including phenoxy) is 5. The molecule has 4 aliphatic heterocycles. The van der Waals surface area contributed by atoms with Gasteiger partial charge in [-0.3, -0.25) is 19.6 Å². The Balaban J connectivity index is 0.901. The van der Waals surface area contributed by atoms with Crippen LogP contribution in [-0.4, -0.2) is 87.7 Å². The molecule has 0 fully saturated rings. The lowest BCUT2D eigenvalue weighted by atomic mass is 10.0. The van der Waals surface area contributed by atoms with Crippen LogP contribution < -0.4 is 29.0 Å². The van der Waals surface area contributed by atoms with Crippen molar-refractivity contribution in [3.8, 4) is 28.7 Å². The number of rotatable bonds is 13. The van der Waals surface area contributed by atoms with Crippen LogP contribution in [0.5, 0.6) is 28.7 Å². The molecule has 4 heterocycles. The molecule has 0 saturated carbocycles. The molecule has 12 nitrogen and oxygen atoms in total. The first kappa shape index (κ1) is 36.6. The summed E-state index contributed by atoms with van der Waals surface area (Å²) in [5, 5.41) is 3.17. The Morgan fingerprint density at radius 3 is 1.57 bits per heavy atom. The van der Waals surface area contributed by atoms with Crippen LogP contribution >= 0.6 is 0 Å². The maximum Gasteiger partial charge on any atom is 0.260 e. The number of methoxy groups -OCH3 is 3. The molecule has 286 valence electrons. The summed E-state index contributed by atoms with van der Waals surface area (Å²) in [4.78, 5) is 40.5. The van der Waals surface area contributed by atoms with Crippen LogP contribution in [0.25, 0.3) is 11.1 Å². The molecule has 2 atom stereocenters. The van der Waals surface area contributed by atoms with E-state index in [0.717, 1.165) is 34.6 Å². The van der Waals surface area contributed by atoms with E-state index in [9.17, 15) is 9.59 Å². The highest BCUT2D eigenvalue weighted by Crippen LogP contribution is 2.42. The molecule has 4 aromatic carbocycles. The SMILES string of the molecule is CNCc1ccc(C2=CN3C(=O)c4cc(OC)c(OCCCOc5cc6c(cc5OC)C(=O)N5C=C(c7ccc(OC)cc7)C[C@H]5C=N6)cc4N=C[C@@H]3C2)cc1. The Kier molecular flexibility index (Phi) is 10.3. The van der Waals surface area contributed by atoms with Crippen LogP contribution in [0.2, 0.25) is 0 Å². The van der Waals surface area contributed by atoms with Gasteiger partial charge in [-0.25, -0.2) is 0 Å². The zero-order chi connectivity index (χ0) is 38.8. The number of aliphatic imine (C=N–C) groups is 2. The van der Waals surface area contributed by atoms with E-state index in [4.69, 9.17) is 33.7 Å². The largest absolute Gasteiger partial charge is 0.497 e. The lowest BCUT2D eigenvalue weighted by Gasteiger charge is -2.19. The minimum atomic E-state index is -0.202. The number of hydrogen-bond acceptors (Lipinski definition) is 10. The lowest BCUT2D eigenvalue weighted by Crippen LogP contribution is -2.32. The highest BCUT2D eigenvalue weighted by molar-refractivity contribution is 6.06. The lowest BCUT2D eigenvalue weighted by molar-refractivity contribution is 0.0809. The predicted octanol–water partition coefficient (Wildman–Crippen LogP) is 7.22. The Morgan fingerprint density at radius 1 is 0.643 bits per heavy atom. The van der Waals surface area contributed by atoms with Gasteiger partial charge in [0.1, 0.15) is 5.75 Å². The second-order valence-corrected chi connectivity index (χ2v) is 13.9. The molecule has 0 aromatic heterocycles. The van der Waals surface area contributed by atoms with Gasteiger partial charge in [0.15, 0.2) is 23.0 Å². The topological polar surface area (TPSA) is 124 Å². The molecule has 0 bridgehead atoms. The number of fused-ring (bicyclic) bond motifs is 4. The van der Waals surface area contributed by atoms with Gasteiger partial charge in [0.2, 0.25) is 0 Å². The van der Waals surface area contributed by atoms with Gasteiger partial charge in [0.25, 0.3) is 11.8 Å². The molecule has 1 N–H and O–H groups in total. The fourth-order valence-electron chi connectivity index (χ4n) is 7.41. The molecule has 0 spiro atoms. The molecular weight excluding hydrogens is 711 g/mol. The van der Waals surface area contributed by atoms with E-state index in [1.807, 2.05) is 56.1 Å². The van der Waals surface area contributed by atoms with Crippen LogP contribution in [0.4, 0.5) is 11.4 Å². The van der Waals surface area contributed by atoms with Crippen LogP contribution in [0, 0.1) is 0 Å². The monoisotopic (exact) mass is 753 g/mol. The minimum absolute atomic E-state index is 0.140. The van der Waals surface area contributed by atoms with E-state index in [1.54, 1.807) is 55.4 Å². The third-order valence-corrected chi connectivity index (χ3v) is 10.4. The minimum Gasteiger partial charge on any atom is -0.497 e. The van der Waals surface area contributed by atoms with Crippen molar-refractivity contribution in [2.45, 2.75) is 37.9 Å². The molecule has 4 aliphatic rings. The summed E-state index contributed by atoms with van der Waals surface area (Å²) in [7, 11) is 6.66. The van der Waals surface area contributed by atoms with Crippen molar-refractivity contribution < 1.29 is 33.3 Å². The van der Waals surface area contributed by atoms with Gasteiger partial charge in [0, 0.05) is 62.8 Å². The Morgan fingerprint density at radius 2 is 1.12 bits per heavy atom. The second kappa shape index (κ2) is 15.8. The molecule has 0 radical (unpaired) electrons. The van der Waals surface area contributed by atoms with Gasteiger partial charge in [-0.1, -0.05) is 36.4 Å². The van der Waals surface area contributed by atoms with Gasteiger partial charge < -0.3 is 38.8 Å². The first-order chi connectivity index (χ1) is 27.4. The average Bonchev–Trinajstić information content (AvgIpc) is 3.81. The molecule has 8 rings (SSSR count). The quantitative estimate of drug-likeness (QED) is 0.142. The molecular formula is C44H43N5O7. The van der Waals surface area contributed by atoms with Crippen LogP contribution in [-0.2, 0) is 6.54 Å². The molecule has 0 unspecified atom stereocenters.